The number of phenolic OH excluding ortho intramolecular Hbond substituents is 1. The number of ether oxygens (including phenoxy) is 2. The number of aryl methyl sites for hydroxylation is 1. The second kappa shape index (κ2) is 5.82. The standard InChI is InChI=1S/C20H27NO4/c1-20-8-7-12-13(15(20)5-6-18(20)25-19(21)23)4-3-11-9-16(22)17(24-2)10-14(11)12/h9-10,12-13,15,18,22H,3-8H2,1-2H3,(H2,21,23)/t12?,13?,15?,18-,20-/m0/s1. The summed E-state index contributed by atoms with van der Waals surface area (Å²) in [5, 5.41) is 10.1. The van der Waals surface area contributed by atoms with E-state index in [-0.39, 0.29) is 17.3 Å². The number of rotatable bonds is 2. The summed E-state index contributed by atoms with van der Waals surface area (Å²) in [5.74, 6) is 2.46. The predicted molar refractivity (Wildman–Crippen MR) is 93.7 cm³/mol. The molecule has 0 spiro atoms. The molecule has 5 atom stereocenters. The Labute approximate surface area is 148 Å². The third-order valence-corrected chi connectivity index (χ3v) is 7.20. The van der Waals surface area contributed by atoms with Crippen molar-refractivity contribution in [3.05, 3.63) is 23.3 Å². The highest BCUT2D eigenvalue weighted by atomic mass is 16.6. The lowest BCUT2D eigenvalue weighted by atomic mass is 9.55. The highest BCUT2D eigenvalue weighted by molar-refractivity contribution is 5.65. The molecule has 2 fully saturated rings. The van der Waals surface area contributed by atoms with E-state index in [0.717, 1.165) is 38.5 Å². The lowest BCUT2D eigenvalue weighted by Gasteiger charge is -2.50. The van der Waals surface area contributed by atoms with Gasteiger partial charge in [0.1, 0.15) is 6.10 Å². The fourth-order valence-corrected chi connectivity index (χ4v) is 6.04. The molecule has 0 aromatic heterocycles. The molecule has 2 saturated carbocycles. The topological polar surface area (TPSA) is 81.8 Å². The van der Waals surface area contributed by atoms with Gasteiger partial charge in [-0.05, 0) is 79.5 Å². The zero-order valence-corrected chi connectivity index (χ0v) is 15.0. The Morgan fingerprint density at radius 2 is 2.08 bits per heavy atom. The summed E-state index contributed by atoms with van der Waals surface area (Å²) >= 11 is 0. The normalized spacial score (nSPS) is 36.1. The van der Waals surface area contributed by atoms with Crippen LogP contribution in [0.3, 0.4) is 0 Å². The van der Waals surface area contributed by atoms with Crippen molar-refractivity contribution in [2.75, 3.05) is 7.11 Å². The molecule has 136 valence electrons. The van der Waals surface area contributed by atoms with E-state index < -0.39 is 6.09 Å². The Kier molecular flexibility index (Phi) is 3.85. The number of methoxy groups -OCH3 is 1. The van der Waals surface area contributed by atoms with E-state index in [9.17, 15) is 9.90 Å². The van der Waals surface area contributed by atoms with Crippen molar-refractivity contribution in [1.29, 1.82) is 0 Å². The summed E-state index contributed by atoms with van der Waals surface area (Å²) in [6.07, 6.45) is 5.56. The first kappa shape index (κ1) is 16.6. The van der Waals surface area contributed by atoms with Crippen molar-refractivity contribution in [1.82, 2.24) is 0 Å². The van der Waals surface area contributed by atoms with Gasteiger partial charge in [0, 0.05) is 5.41 Å². The number of aromatic hydroxyl groups is 1. The first-order valence-corrected chi connectivity index (χ1v) is 9.30. The summed E-state index contributed by atoms with van der Waals surface area (Å²) in [6, 6.07) is 3.92. The number of primary amides is 1. The zero-order valence-electron chi connectivity index (χ0n) is 15.0. The minimum Gasteiger partial charge on any atom is -0.504 e. The predicted octanol–water partition coefficient (Wildman–Crippen LogP) is 3.72. The van der Waals surface area contributed by atoms with Gasteiger partial charge in [-0.1, -0.05) is 6.92 Å². The second-order valence-electron chi connectivity index (χ2n) is 8.19. The quantitative estimate of drug-likeness (QED) is 0.856. The summed E-state index contributed by atoms with van der Waals surface area (Å²) < 4.78 is 10.8. The van der Waals surface area contributed by atoms with Crippen molar-refractivity contribution in [3.63, 3.8) is 0 Å². The Balaban J connectivity index is 1.65. The van der Waals surface area contributed by atoms with E-state index in [2.05, 4.69) is 6.92 Å². The molecule has 5 heteroatoms. The third-order valence-electron chi connectivity index (χ3n) is 7.20. The van der Waals surface area contributed by atoms with Crippen LogP contribution in [0.15, 0.2) is 12.1 Å². The van der Waals surface area contributed by atoms with Gasteiger partial charge in [-0.2, -0.15) is 0 Å². The molecule has 1 amide bonds. The van der Waals surface area contributed by atoms with E-state index in [4.69, 9.17) is 15.2 Å². The van der Waals surface area contributed by atoms with Gasteiger partial charge in [-0.25, -0.2) is 4.79 Å². The van der Waals surface area contributed by atoms with Crippen LogP contribution >= 0.6 is 0 Å². The highest BCUT2D eigenvalue weighted by Crippen LogP contribution is 2.61. The maximum Gasteiger partial charge on any atom is 0.404 e. The molecule has 3 aliphatic rings. The number of fused-ring (bicyclic) bond motifs is 5. The molecular formula is C20H27NO4. The largest absolute Gasteiger partial charge is 0.504 e. The molecule has 1 aromatic carbocycles. The summed E-state index contributed by atoms with van der Waals surface area (Å²) in [7, 11) is 1.60. The molecule has 0 aliphatic heterocycles. The summed E-state index contributed by atoms with van der Waals surface area (Å²) in [6.45, 7) is 2.28. The molecule has 0 bridgehead atoms. The van der Waals surface area contributed by atoms with E-state index in [1.807, 2.05) is 12.1 Å². The van der Waals surface area contributed by atoms with Crippen LogP contribution in [0.5, 0.6) is 11.5 Å². The van der Waals surface area contributed by atoms with Gasteiger partial charge >= 0.3 is 6.09 Å². The molecule has 3 aliphatic carbocycles. The lowest BCUT2D eigenvalue weighted by Crippen LogP contribution is -2.45. The van der Waals surface area contributed by atoms with E-state index in [1.165, 1.54) is 11.1 Å². The van der Waals surface area contributed by atoms with Crippen molar-refractivity contribution in [2.24, 2.45) is 23.0 Å². The number of carbonyl (C=O) groups excluding carboxylic acids is 1. The summed E-state index contributed by atoms with van der Waals surface area (Å²) in [5.41, 5.74) is 7.93. The smallest absolute Gasteiger partial charge is 0.404 e. The molecule has 5 nitrogen and oxygen atoms in total. The fourth-order valence-electron chi connectivity index (χ4n) is 6.04. The summed E-state index contributed by atoms with van der Waals surface area (Å²) in [4.78, 5) is 11.3. The lowest BCUT2D eigenvalue weighted by molar-refractivity contribution is -0.0291. The average Bonchev–Trinajstić information content (AvgIpc) is 2.90. The number of amides is 1. The van der Waals surface area contributed by atoms with Crippen LogP contribution in [-0.4, -0.2) is 24.4 Å². The van der Waals surface area contributed by atoms with Gasteiger partial charge in [-0.3, -0.25) is 0 Å². The van der Waals surface area contributed by atoms with Gasteiger partial charge in [-0.15, -0.1) is 0 Å². The van der Waals surface area contributed by atoms with Crippen LogP contribution in [0.4, 0.5) is 4.79 Å². The molecule has 25 heavy (non-hydrogen) atoms. The number of hydrogen-bond donors (Lipinski definition) is 2. The van der Waals surface area contributed by atoms with E-state index >= 15 is 0 Å². The molecule has 3 unspecified atom stereocenters. The van der Waals surface area contributed by atoms with Crippen molar-refractivity contribution < 1.29 is 19.4 Å². The van der Waals surface area contributed by atoms with Gasteiger partial charge in [0.15, 0.2) is 11.5 Å². The van der Waals surface area contributed by atoms with E-state index in [0.29, 0.717) is 23.5 Å². The van der Waals surface area contributed by atoms with Gasteiger partial charge in [0.25, 0.3) is 0 Å². The van der Waals surface area contributed by atoms with Crippen LogP contribution in [0, 0.1) is 17.3 Å². The minimum atomic E-state index is -0.650. The van der Waals surface area contributed by atoms with Crippen molar-refractivity contribution >= 4 is 6.09 Å². The SMILES string of the molecule is COc1cc2c(cc1O)CCC1C2CC[C@@]2(C)C1CC[C@@H]2OC(N)=O. The van der Waals surface area contributed by atoms with Crippen LogP contribution in [0.25, 0.3) is 0 Å². The number of hydrogen-bond acceptors (Lipinski definition) is 4. The Bertz CT molecular complexity index is 703. The highest BCUT2D eigenvalue weighted by Gasteiger charge is 2.56. The number of nitrogens with two attached hydrogens (primary N) is 1. The maximum absolute atomic E-state index is 11.3. The third kappa shape index (κ3) is 2.47. The zero-order chi connectivity index (χ0) is 17.8. The molecular weight excluding hydrogens is 318 g/mol. The molecule has 0 saturated heterocycles. The maximum atomic E-state index is 11.3. The van der Waals surface area contributed by atoms with Crippen LogP contribution in [0.2, 0.25) is 0 Å². The van der Waals surface area contributed by atoms with Crippen LogP contribution in [0.1, 0.15) is 56.1 Å². The fraction of sp³-hybridized carbons (Fsp3) is 0.650. The van der Waals surface area contributed by atoms with Gasteiger partial charge < -0.3 is 20.3 Å². The number of phenols is 1. The Morgan fingerprint density at radius 3 is 2.80 bits per heavy atom. The van der Waals surface area contributed by atoms with Crippen molar-refractivity contribution in [2.45, 2.75) is 57.5 Å². The van der Waals surface area contributed by atoms with Crippen LogP contribution < -0.4 is 10.5 Å². The monoisotopic (exact) mass is 345 g/mol. The second-order valence-corrected chi connectivity index (χ2v) is 8.19. The first-order valence-electron chi connectivity index (χ1n) is 9.30. The molecule has 0 heterocycles. The first-order chi connectivity index (χ1) is 11.9. The van der Waals surface area contributed by atoms with Crippen LogP contribution in [-0.2, 0) is 11.2 Å². The van der Waals surface area contributed by atoms with Gasteiger partial charge in [0.2, 0.25) is 0 Å². The average molecular weight is 345 g/mol. The molecule has 0 radical (unpaired) electrons. The minimum absolute atomic E-state index is 0.0364. The van der Waals surface area contributed by atoms with E-state index in [1.54, 1.807) is 7.11 Å². The van der Waals surface area contributed by atoms with Gasteiger partial charge in [0.05, 0.1) is 7.11 Å². The molecule has 4 rings (SSSR count). The Morgan fingerprint density at radius 1 is 1.28 bits per heavy atom. The van der Waals surface area contributed by atoms with Crippen molar-refractivity contribution in [3.8, 4) is 11.5 Å². The number of benzene rings is 1. The number of carbonyl (C=O) groups is 1. The Hall–Kier alpha value is -1.91. The molecule has 3 N–H and O–H groups in total. The molecule has 1 aromatic rings.